The Hall–Kier alpha value is -0.0800. The van der Waals surface area contributed by atoms with Crippen LogP contribution in [-0.2, 0) is 0 Å². The third-order valence-electron chi connectivity index (χ3n) is 3.51. The number of hydrogen-bond donors (Lipinski definition) is 1. The molecule has 0 aromatic heterocycles. The number of nitrogens with two attached hydrogens (primary N) is 1. The van der Waals surface area contributed by atoms with E-state index in [1.54, 1.807) is 0 Å². The van der Waals surface area contributed by atoms with Crippen molar-refractivity contribution in [3.63, 3.8) is 0 Å². The standard InChI is InChI=1S/C14H32N2/c1-4-7-12-16(6-3)13-8-9-14(5-2)10-11-15/h14H,4-13,15H2,1-3H3. The molecule has 0 aliphatic carbocycles. The predicted molar refractivity (Wildman–Crippen MR) is 73.7 cm³/mol. The average Bonchev–Trinajstić information content (AvgIpc) is 2.32. The van der Waals surface area contributed by atoms with E-state index in [2.05, 4.69) is 25.7 Å². The first-order valence-electron chi connectivity index (χ1n) is 7.20. The van der Waals surface area contributed by atoms with Gasteiger partial charge in [0.15, 0.2) is 0 Å². The fourth-order valence-electron chi connectivity index (χ4n) is 2.20. The van der Waals surface area contributed by atoms with Crippen LogP contribution in [0.2, 0.25) is 0 Å². The maximum atomic E-state index is 5.62. The van der Waals surface area contributed by atoms with Crippen molar-refractivity contribution >= 4 is 0 Å². The van der Waals surface area contributed by atoms with E-state index in [0.29, 0.717) is 0 Å². The molecule has 0 bridgehead atoms. The highest BCUT2D eigenvalue weighted by Crippen LogP contribution is 2.14. The first-order valence-corrected chi connectivity index (χ1v) is 7.20. The summed E-state index contributed by atoms with van der Waals surface area (Å²) >= 11 is 0. The van der Waals surface area contributed by atoms with Crippen LogP contribution in [0.15, 0.2) is 0 Å². The van der Waals surface area contributed by atoms with E-state index >= 15 is 0 Å². The maximum Gasteiger partial charge on any atom is -0.00188 e. The zero-order chi connectivity index (χ0) is 12.2. The highest BCUT2D eigenvalue weighted by molar-refractivity contribution is 4.61. The van der Waals surface area contributed by atoms with E-state index in [9.17, 15) is 0 Å². The molecule has 0 saturated carbocycles. The molecule has 16 heavy (non-hydrogen) atoms. The highest BCUT2D eigenvalue weighted by Gasteiger charge is 2.06. The van der Waals surface area contributed by atoms with E-state index in [4.69, 9.17) is 5.73 Å². The van der Waals surface area contributed by atoms with Gasteiger partial charge in [-0.3, -0.25) is 0 Å². The maximum absolute atomic E-state index is 5.62. The average molecular weight is 228 g/mol. The first-order chi connectivity index (χ1) is 7.78. The Kier molecular flexibility index (Phi) is 11.3. The van der Waals surface area contributed by atoms with E-state index in [1.165, 1.54) is 58.2 Å². The Balaban J connectivity index is 3.58. The summed E-state index contributed by atoms with van der Waals surface area (Å²) in [6, 6.07) is 0. The Morgan fingerprint density at radius 3 is 2.19 bits per heavy atom. The summed E-state index contributed by atoms with van der Waals surface area (Å²) < 4.78 is 0. The Morgan fingerprint density at radius 1 is 1.00 bits per heavy atom. The minimum atomic E-state index is 0.853. The van der Waals surface area contributed by atoms with Gasteiger partial charge in [0.2, 0.25) is 0 Å². The van der Waals surface area contributed by atoms with Crippen molar-refractivity contribution in [2.45, 2.75) is 59.3 Å². The third-order valence-corrected chi connectivity index (χ3v) is 3.51. The van der Waals surface area contributed by atoms with Crippen molar-refractivity contribution in [2.75, 3.05) is 26.2 Å². The smallest absolute Gasteiger partial charge is 0.00188 e. The van der Waals surface area contributed by atoms with Crippen molar-refractivity contribution in [3.05, 3.63) is 0 Å². The molecule has 0 spiro atoms. The molecule has 0 fully saturated rings. The Morgan fingerprint density at radius 2 is 1.69 bits per heavy atom. The molecule has 0 aromatic carbocycles. The summed E-state index contributed by atoms with van der Waals surface area (Å²) in [5.74, 6) is 0.856. The molecule has 0 aliphatic heterocycles. The van der Waals surface area contributed by atoms with Gasteiger partial charge in [0.25, 0.3) is 0 Å². The number of hydrogen-bond acceptors (Lipinski definition) is 2. The molecule has 0 heterocycles. The fraction of sp³-hybridized carbons (Fsp3) is 1.00. The lowest BCUT2D eigenvalue weighted by Gasteiger charge is -2.21. The van der Waals surface area contributed by atoms with Crippen molar-refractivity contribution in [1.29, 1.82) is 0 Å². The SMILES string of the molecule is CCCCN(CC)CCCC(CC)CCN. The quantitative estimate of drug-likeness (QED) is 0.588. The second kappa shape index (κ2) is 11.4. The van der Waals surface area contributed by atoms with Crippen molar-refractivity contribution in [3.8, 4) is 0 Å². The summed E-state index contributed by atoms with van der Waals surface area (Å²) in [6.45, 7) is 11.4. The third kappa shape index (κ3) is 8.12. The predicted octanol–water partition coefficient (Wildman–Crippen LogP) is 3.26. The summed E-state index contributed by atoms with van der Waals surface area (Å²) in [7, 11) is 0. The number of rotatable bonds is 11. The van der Waals surface area contributed by atoms with Gasteiger partial charge in [0.1, 0.15) is 0 Å². The molecule has 1 atom stereocenters. The van der Waals surface area contributed by atoms with Crippen LogP contribution < -0.4 is 5.73 Å². The van der Waals surface area contributed by atoms with Gasteiger partial charge in [-0.25, -0.2) is 0 Å². The lowest BCUT2D eigenvalue weighted by Crippen LogP contribution is -2.26. The van der Waals surface area contributed by atoms with E-state index in [1.807, 2.05) is 0 Å². The monoisotopic (exact) mass is 228 g/mol. The summed E-state index contributed by atoms with van der Waals surface area (Å²) in [4.78, 5) is 2.58. The van der Waals surface area contributed by atoms with E-state index in [0.717, 1.165) is 12.5 Å². The van der Waals surface area contributed by atoms with Gasteiger partial charge in [0, 0.05) is 0 Å². The zero-order valence-electron chi connectivity index (χ0n) is 11.7. The molecule has 2 heteroatoms. The normalized spacial score (nSPS) is 13.3. The molecule has 98 valence electrons. The Labute approximate surface area is 103 Å². The molecule has 1 unspecified atom stereocenters. The molecule has 0 amide bonds. The molecular formula is C14H32N2. The minimum absolute atomic E-state index is 0.853. The van der Waals surface area contributed by atoms with Crippen molar-refractivity contribution in [1.82, 2.24) is 4.90 Å². The molecule has 0 aliphatic rings. The van der Waals surface area contributed by atoms with Crippen LogP contribution in [0.4, 0.5) is 0 Å². The summed E-state index contributed by atoms with van der Waals surface area (Å²) in [5.41, 5.74) is 5.62. The molecule has 2 nitrogen and oxygen atoms in total. The van der Waals surface area contributed by atoms with Crippen LogP contribution in [0.3, 0.4) is 0 Å². The van der Waals surface area contributed by atoms with Crippen LogP contribution in [0, 0.1) is 5.92 Å². The molecule has 0 saturated heterocycles. The summed E-state index contributed by atoms with van der Waals surface area (Å²) in [6.07, 6.45) is 7.84. The van der Waals surface area contributed by atoms with Crippen LogP contribution in [0.5, 0.6) is 0 Å². The van der Waals surface area contributed by atoms with Gasteiger partial charge in [-0.05, 0) is 57.8 Å². The van der Waals surface area contributed by atoms with E-state index < -0.39 is 0 Å². The largest absolute Gasteiger partial charge is 0.330 e. The second-order valence-corrected chi connectivity index (χ2v) is 4.78. The lowest BCUT2D eigenvalue weighted by atomic mass is 9.96. The van der Waals surface area contributed by atoms with Gasteiger partial charge in [-0.1, -0.05) is 33.6 Å². The lowest BCUT2D eigenvalue weighted by molar-refractivity contribution is 0.266. The zero-order valence-corrected chi connectivity index (χ0v) is 11.7. The van der Waals surface area contributed by atoms with Gasteiger partial charge < -0.3 is 10.6 Å². The highest BCUT2D eigenvalue weighted by atomic mass is 15.1. The molecular weight excluding hydrogens is 196 g/mol. The number of unbranched alkanes of at least 4 members (excludes halogenated alkanes) is 1. The molecule has 2 N–H and O–H groups in total. The van der Waals surface area contributed by atoms with Crippen LogP contribution in [-0.4, -0.2) is 31.1 Å². The van der Waals surface area contributed by atoms with Gasteiger partial charge in [-0.15, -0.1) is 0 Å². The van der Waals surface area contributed by atoms with Crippen LogP contribution in [0.25, 0.3) is 0 Å². The first kappa shape index (κ1) is 15.9. The van der Waals surface area contributed by atoms with E-state index in [-0.39, 0.29) is 0 Å². The minimum Gasteiger partial charge on any atom is -0.330 e. The van der Waals surface area contributed by atoms with Crippen LogP contribution in [0.1, 0.15) is 59.3 Å². The van der Waals surface area contributed by atoms with Crippen molar-refractivity contribution in [2.24, 2.45) is 11.7 Å². The molecule has 0 radical (unpaired) electrons. The van der Waals surface area contributed by atoms with Crippen molar-refractivity contribution < 1.29 is 0 Å². The second-order valence-electron chi connectivity index (χ2n) is 4.78. The number of nitrogens with zero attached hydrogens (tertiary/aromatic N) is 1. The molecule has 0 rings (SSSR count). The molecule has 0 aromatic rings. The summed E-state index contributed by atoms with van der Waals surface area (Å²) in [5, 5.41) is 0. The van der Waals surface area contributed by atoms with Gasteiger partial charge in [-0.2, -0.15) is 0 Å². The van der Waals surface area contributed by atoms with Crippen LogP contribution >= 0.6 is 0 Å². The topological polar surface area (TPSA) is 29.3 Å². The van der Waals surface area contributed by atoms with Gasteiger partial charge >= 0.3 is 0 Å². The van der Waals surface area contributed by atoms with Gasteiger partial charge in [0.05, 0.1) is 0 Å². The fourth-order valence-corrected chi connectivity index (χ4v) is 2.20. The Bertz CT molecular complexity index is 137.